The molecule has 0 aromatic carbocycles. The van der Waals surface area contributed by atoms with E-state index in [4.69, 9.17) is 10.3 Å². The Hall–Kier alpha value is -1.56. The number of oxazole rings is 1. The second kappa shape index (κ2) is 5.23. The van der Waals surface area contributed by atoms with E-state index in [9.17, 15) is 0 Å². The Morgan fingerprint density at radius 2 is 2.50 bits per heavy atom. The summed E-state index contributed by atoms with van der Waals surface area (Å²) >= 11 is 0. The zero-order chi connectivity index (χ0) is 10.4. The summed E-state index contributed by atoms with van der Waals surface area (Å²) in [6.45, 7) is 4.93. The van der Waals surface area contributed by atoms with Crippen molar-refractivity contribution < 1.29 is 4.42 Å². The van der Waals surface area contributed by atoms with Gasteiger partial charge in [-0.25, -0.2) is 15.8 Å². The summed E-state index contributed by atoms with van der Waals surface area (Å²) in [5.41, 5.74) is 2.45. The minimum absolute atomic E-state index is 0.375. The van der Waals surface area contributed by atoms with E-state index in [2.05, 4.69) is 20.7 Å². The normalized spacial score (nSPS) is 11.5. The van der Waals surface area contributed by atoms with Gasteiger partial charge in [-0.3, -0.25) is 5.43 Å². The van der Waals surface area contributed by atoms with Crippen molar-refractivity contribution in [2.45, 2.75) is 20.4 Å². The van der Waals surface area contributed by atoms with Gasteiger partial charge in [0, 0.05) is 6.54 Å². The minimum atomic E-state index is 0.375. The summed E-state index contributed by atoms with van der Waals surface area (Å²) in [6.07, 6.45) is 1.66. The minimum Gasteiger partial charge on any atom is -0.444 e. The molecule has 0 spiro atoms. The third kappa shape index (κ3) is 3.06. The Balaban J connectivity index is 2.51. The third-order valence-corrected chi connectivity index (χ3v) is 1.52. The number of hydrogen-bond donors (Lipinski definition) is 3. The van der Waals surface area contributed by atoms with E-state index >= 15 is 0 Å². The second-order valence-corrected chi connectivity index (χ2v) is 2.70. The third-order valence-electron chi connectivity index (χ3n) is 1.52. The van der Waals surface area contributed by atoms with Crippen LogP contribution >= 0.6 is 0 Å². The lowest BCUT2D eigenvalue weighted by Crippen LogP contribution is -2.41. The number of aryl methyl sites for hydroxylation is 1. The van der Waals surface area contributed by atoms with E-state index < -0.39 is 0 Å². The van der Waals surface area contributed by atoms with Gasteiger partial charge in [-0.2, -0.15) is 0 Å². The van der Waals surface area contributed by atoms with Crippen LogP contribution in [0.1, 0.15) is 18.6 Å². The molecule has 0 saturated heterocycles. The summed E-state index contributed by atoms with van der Waals surface area (Å²) in [7, 11) is 0. The van der Waals surface area contributed by atoms with Crippen molar-refractivity contribution in [3.63, 3.8) is 0 Å². The van der Waals surface area contributed by atoms with Gasteiger partial charge in [0.2, 0.25) is 11.9 Å². The molecule has 0 atom stereocenters. The number of aromatic nitrogens is 1. The number of hydrazine groups is 1. The van der Waals surface area contributed by atoms with E-state index in [1.165, 1.54) is 0 Å². The molecule has 1 rings (SSSR count). The van der Waals surface area contributed by atoms with Crippen LogP contribution in [0.4, 0.5) is 0 Å². The first-order chi connectivity index (χ1) is 6.76. The van der Waals surface area contributed by atoms with Crippen molar-refractivity contribution in [3.05, 3.63) is 17.8 Å². The van der Waals surface area contributed by atoms with Crippen LogP contribution < -0.4 is 16.6 Å². The molecule has 0 bridgehead atoms. The summed E-state index contributed by atoms with van der Waals surface area (Å²) in [5.74, 6) is 7.12. The highest BCUT2D eigenvalue weighted by Gasteiger charge is 1.99. The topological polar surface area (TPSA) is 88.5 Å². The molecular formula is C8H15N5O. The number of nitrogens with one attached hydrogen (secondary N) is 2. The largest absolute Gasteiger partial charge is 0.444 e. The molecule has 0 aliphatic heterocycles. The molecule has 78 valence electrons. The molecule has 1 aromatic rings. The van der Waals surface area contributed by atoms with Crippen molar-refractivity contribution in [2.24, 2.45) is 10.8 Å². The fraction of sp³-hybridized carbons (Fsp3) is 0.500. The van der Waals surface area contributed by atoms with Crippen LogP contribution in [0.3, 0.4) is 0 Å². The standard InChI is InChI=1S/C8H15N5O/c1-3-10-8(13-9)12-5-7-11-4-6(2)14-7/h4H,3,5,9H2,1-2H3,(H2,10,12,13). The van der Waals surface area contributed by atoms with Crippen LogP contribution in [0, 0.1) is 6.92 Å². The van der Waals surface area contributed by atoms with Gasteiger partial charge in [0.1, 0.15) is 12.3 Å². The predicted molar refractivity (Wildman–Crippen MR) is 53.4 cm³/mol. The molecule has 0 amide bonds. The average Bonchev–Trinajstić information content (AvgIpc) is 2.59. The summed E-state index contributed by atoms with van der Waals surface area (Å²) < 4.78 is 5.24. The Morgan fingerprint density at radius 1 is 1.71 bits per heavy atom. The van der Waals surface area contributed by atoms with E-state index in [1.807, 2.05) is 13.8 Å². The van der Waals surface area contributed by atoms with Crippen LogP contribution in [0.5, 0.6) is 0 Å². The van der Waals surface area contributed by atoms with E-state index in [0.717, 1.165) is 12.3 Å². The first-order valence-electron chi connectivity index (χ1n) is 4.42. The van der Waals surface area contributed by atoms with Crippen molar-refractivity contribution in [3.8, 4) is 0 Å². The molecule has 6 nitrogen and oxygen atoms in total. The van der Waals surface area contributed by atoms with Crippen molar-refractivity contribution in [2.75, 3.05) is 6.54 Å². The SMILES string of the molecule is CCNC(=NCc1ncc(C)o1)NN. The molecular weight excluding hydrogens is 182 g/mol. The van der Waals surface area contributed by atoms with E-state index in [1.54, 1.807) is 6.20 Å². The van der Waals surface area contributed by atoms with Gasteiger partial charge in [0.05, 0.1) is 6.20 Å². The quantitative estimate of drug-likeness (QED) is 0.273. The van der Waals surface area contributed by atoms with Crippen LogP contribution in [-0.4, -0.2) is 17.5 Å². The van der Waals surface area contributed by atoms with E-state index in [-0.39, 0.29) is 0 Å². The van der Waals surface area contributed by atoms with Crippen LogP contribution in [0.2, 0.25) is 0 Å². The Bertz CT molecular complexity index is 306. The Kier molecular flexibility index (Phi) is 3.93. The number of nitrogens with zero attached hydrogens (tertiary/aromatic N) is 2. The van der Waals surface area contributed by atoms with Crippen molar-refractivity contribution in [1.29, 1.82) is 0 Å². The van der Waals surface area contributed by atoms with Gasteiger partial charge in [-0.15, -0.1) is 0 Å². The first kappa shape index (κ1) is 10.5. The molecule has 1 aromatic heterocycles. The van der Waals surface area contributed by atoms with Gasteiger partial charge in [0.25, 0.3) is 0 Å². The van der Waals surface area contributed by atoms with Crippen LogP contribution in [0.25, 0.3) is 0 Å². The summed E-state index contributed by atoms with van der Waals surface area (Å²) in [5, 5.41) is 2.95. The zero-order valence-corrected chi connectivity index (χ0v) is 8.37. The second-order valence-electron chi connectivity index (χ2n) is 2.70. The molecule has 4 N–H and O–H groups in total. The Labute approximate surface area is 82.6 Å². The number of guanidine groups is 1. The molecule has 14 heavy (non-hydrogen) atoms. The molecule has 6 heteroatoms. The molecule has 0 aliphatic carbocycles. The molecule has 0 saturated carbocycles. The maximum Gasteiger partial charge on any atom is 0.216 e. The lowest BCUT2D eigenvalue weighted by molar-refractivity contribution is 0.473. The first-order valence-corrected chi connectivity index (χ1v) is 4.42. The number of nitrogens with two attached hydrogens (primary N) is 1. The maximum atomic E-state index is 5.24. The van der Waals surface area contributed by atoms with Gasteiger partial charge < -0.3 is 9.73 Å². The molecule has 1 heterocycles. The summed E-state index contributed by atoms with van der Waals surface area (Å²) in [6, 6.07) is 0. The predicted octanol–water partition coefficient (Wildman–Crippen LogP) is -0.0882. The van der Waals surface area contributed by atoms with Gasteiger partial charge in [-0.05, 0) is 13.8 Å². The number of hydrogen-bond acceptors (Lipinski definition) is 4. The highest BCUT2D eigenvalue weighted by atomic mass is 16.4. The van der Waals surface area contributed by atoms with Crippen molar-refractivity contribution in [1.82, 2.24) is 15.7 Å². The monoisotopic (exact) mass is 197 g/mol. The van der Waals surface area contributed by atoms with Gasteiger partial charge >= 0.3 is 0 Å². The molecule has 0 unspecified atom stereocenters. The van der Waals surface area contributed by atoms with Crippen molar-refractivity contribution >= 4 is 5.96 Å². The molecule has 0 aliphatic rings. The zero-order valence-electron chi connectivity index (χ0n) is 8.37. The van der Waals surface area contributed by atoms with Gasteiger partial charge in [0.15, 0.2) is 0 Å². The molecule has 0 fully saturated rings. The number of rotatable bonds is 3. The van der Waals surface area contributed by atoms with Gasteiger partial charge in [-0.1, -0.05) is 0 Å². The lowest BCUT2D eigenvalue weighted by atomic mass is 10.6. The maximum absolute atomic E-state index is 5.24. The lowest BCUT2D eigenvalue weighted by Gasteiger charge is -2.04. The number of aliphatic imine (C=N–C) groups is 1. The highest BCUT2D eigenvalue weighted by molar-refractivity contribution is 5.78. The Morgan fingerprint density at radius 3 is 3.00 bits per heavy atom. The van der Waals surface area contributed by atoms with E-state index in [0.29, 0.717) is 18.4 Å². The fourth-order valence-electron chi connectivity index (χ4n) is 0.941. The average molecular weight is 197 g/mol. The molecule has 0 radical (unpaired) electrons. The highest BCUT2D eigenvalue weighted by Crippen LogP contribution is 2.02. The van der Waals surface area contributed by atoms with Crippen LogP contribution in [0.15, 0.2) is 15.6 Å². The smallest absolute Gasteiger partial charge is 0.216 e. The summed E-state index contributed by atoms with van der Waals surface area (Å²) in [4.78, 5) is 8.14. The van der Waals surface area contributed by atoms with Crippen LogP contribution in [-0.2, 0) is 6.54 Å². The fourth-order valence-corrected chi connectivity index (χ4v) is 0.941.